The van der Waals surface area contributed by atoms with E-state index in [-0.39, 0.29) is 5.69 Å². The Morgan fingerprint density at radius 3 is 2.57 bits per heavy atom. The molecule has 0 unspecified atom stereocenters. The Kier molecular flexibility index (Phi) is 5.63. The van der Waals surface area contributed by atoms with E-state index in [0.29, 0.717) is 0 Å². The van der Waals surface area contributed by atoms with Crippen LogP contribution in [0.2, 0.25) is 0 Å². The van der Waals surface area contributed by atoms with Crippen molar-refractivity contribution in [3.05, 3.63) is 71.6 Å². The van der Waals surface area contributed by atoms with Gasteiger partial charge in [-0.2, -0.15) is 0 Å². The molecule has 5 heteroatoms. The maximum Gasteiger partial charge on any atom is 0.331 e. The maximum absolute atomic E-state index is 13.4. The summed E-state index contributed by atoms with van der Waals surface area (Å²) in [5.41, 5.74) is 1.96. The topological polar surface area (TPSA) is 55.4 Å². The van der Waals surface area contributed by atoms with Crippen molar-refractivity contribution >= 4 is 23.6 Å². The molecule has 1 N–H and O–H groups in total. The summed E-state index contributed by atoms with van der Waals surface area (Å²) in [6.45, 7) is 1.44. The van der Waals surface area contributed by atoms with E-state index in [9.17, 15) is 14.0 Å². The zero-order valence-electron chi connectivity index (χ0n) is 12.6. The first kappa shape index (κ1) is 16.4. The van der Waals surface area contributed by atoms with E-state index in [1.807, 2.05) is 31.2 Å². The standard InChI is InChI=1S/C18H16FNO3/c1-13-6-2-3-7-14(13)10-11-18(22)23-12-17(21)20-16-9-5-4-8-15(16)19/h2-11H,12H2,1H3,(H,20,21)/b11-10+. The number of ether oxygens (including phenoxy) is 1. The van der Waals surface area contributed by atoms with E-state index in [4.69, 9.17) is 4.74 Å². The van der Waals surface area contributed by atoms with Crippen LogP contribution in [0.4, 0.5) is 10.1 Å². The van der Waals surface area contributed by atoms with Crippen LogP contribution >= 0.6 is 0 Å². The van der Waals surface area contributed by atoms with E-state index in [2.05, 4.69) is 5.32 Å². The number of nitrogens with one attached hydrogen (secondary N) is 1. The molecule has 118 valence electrons. The van der Waals surface area contributed by atoms with Crippen molar-refractivity contribution in [2.24, 2.45) is 0 Å². The van der Waals surface area contributed by atoms with Crippen molar-refractivity contribution in [1.82, 2.24) is 0 Å². The second-order valence-corrected chi connectivity index (χ2v) is 4.83. The number of para-hydroxylation sites is 1. The van der Waals surface area contributed by atoms with Gasteiger partial charge in [0.15, 0.2) is 6.61 Å². The summed E-state index contributed by atoms with van der Waals surface area (Å²) in [5.74, 6) is -1.80. The molecule has 0 aliphatic carbocycles. The molecule has 0 aliphatic heterocycles. The van der Waals surface area contributed by atoms with E-state index >= 15 is 0 Å². The lowest BCUT2D eigenvalue weighted by atomic mass is 10.1. The second kappa shape index (κ2) is 7.89. The van der Waals surface area contributed by atoms with Gasteiger partial charge in [0, 0.05) is 6.08 Å². The molecule has 0 bridgehead atoms. The largest absolute Gasteiger partial charge is 0.452 e. The Hall–Kier alpha value is -2.95. The molecule has 2 aromatic rings. The molecule has 0 spiro atoms. The summed E-state index contributed by atoms with van der Waals surface area (Å²) >= 11 is 0. The number of halogens is 1. The molecule has 0 aromatic heterocycles. The number of hydrogen-bond donors (Lipinski definition) is 1. The Morgan fingerprint density at radius 1 is 1.13 bits per heavy atom. The Morgan fingerprint density at radius 2 is 1.83 bits per heavy atom. The predicted molar refractivity (Wildman–Crippen MR) is 86.2 cm³/mol. The second-order valence-electron chi connectivity index (χ2n) is 4.83. The minimum atomic E-state index is -0.642. The van der Waals surface area contributed by atoms with Crippen molar-refractivity contribution in [3.8, 4) is 0 Å². The number of carbonyl (C=O) groups excluding carboxylic acids is 2. The highest BCUT2D eigenvalue weighted by Gasteiger charge is 2.08. The van der Waals surface area contributed by atoms with Crippen LogP contribution in [0.1, 0.15) is 11.1 Å². The van der Waals surface area contributed by atoms with Crippen LogP contribution in [-0.4, -0.2) is 18.5 Å². The minimum Gasteiger partial charge on any atom is -0.452 e. The Labute approximate surface area is 133 Å². The molecule has 4 nitrogen and oxygen atoms in total. The van der Waals surface area contributed by atoms with E-state index < -0.39 is 24.3 Å². The highest BCUT2D eigenvalue weighted by molar-refractivity contribution is 5.94. The first-order chi connectivity index (χ1) is 11.1. The summed E-state index contributed by atoms with van der Waals surface area (Å²) in [6, 6.07) is 13.3. The third-order valence-electron chi connectivity index (χ3n) is 3.08. The van der Waals surface area contributed by atoms with Gasteiger partial charge in [0.1, 0.15) is 5.82 Å². The van der Waals surface area contributed by atoms with Gasteiger partial charge in [0.2, 0.25) is 0 Å². The molecule has 0 atom stereocenters. The minimum absolute atomic E-state index is 0.0454. The number of benzene rings is 2. The van der Waals surface area contributed by atoms with E-state index in [1.165, 1.54) is 24.3 Å². The van der Waals surface area contributed by atoms with Crippen molar-refractivity contribution in [2.75, 3.05) is 11.9 Å². The van der Waals surface area contributed by atoms with Gasteiger partial charge in [-0.05, 0) is 36.3 Å². The third kappa shape index (κ3) is 5.07. The number of hydrogen-bond acceptors (Lipinski definition) is 3. The highest BCUT2D eigenvalue weighted by Crippen LogP contribution is 2.12. The smallest absolute Gasteiger partial charge is 0.331 e. The molecule has 0 radical (unpaired) electrons. The summed E-state index contributed by atoms with van der Waals surface area (Å²) < 4.78 is 18.2. The molecule has 0 saturated heterocycles. The van der Waals surface area contributed by atoms with Gasteiger partial charge in [0.05, 0.1) is 5.69 Å². The van der Waals surface area contributed by atoms with Crippen LogP contribution in [0, 0.1) is 12.7 Å². The molecule has 2 rings (SSSR count). The maximum atomic E-state index is 13.4. The van der Waals surface area contributed by atoms with Gasteiger partial charge in [0.25, 0.3) is 5.91 Å². The SMILES string of the molecule is Cc1ccccc1/C=C/C(=O)OCC(=O)Nc1ccccc1F. The number of amides is 1. The fourth-order valence-corrected chi connectivity index (χ4v) is 1.87. The fraction of sp³-hybridized carbons (Fsp3) is 0.111. The van der Waals surface area contributed by atoms with E-state index in [1.54, 1.807) is 12.1 Å². The van der Waals surface area contributed by atoms with Crippen molar-refractivity contribution < 1.29 is 18.7 Å². The lowest BCUT2D eigenvalue weighted by Gasteiger charge is -2.06. The van der Waals surface area contributed by atoms with Crippen LogP contribution in [0.5, 0.6) is 0 Å². The van der Waals surface area contributed by atoms with Crippen molar-refractivity contribution in [3.63, 3.8) is 0 Å². The molecule has 2 aromatic carbocycles. The number of aryl methyl sites for hydroxylation is 1. The molecule has 0 fully saturated rings. The number of rotatable bonds is 5. The van der Waals surface area contributed by atoms with Gasteiger partial charge in [-0.1, -0.05) is 36.4 Å². The zero-order valence-corrected chi connectivity index (χ0v) is 12.6. The normalized spacial score (nSPS) is 10.5. The van der Waals surface area contributed by atoms with Crippen LogP contribution in [0.25, 0.3) is 6.08 Å². The van der Waals surface area contributed by atoms with Crippen molar-refractivity contribution in [2.45, 2.75) is 6.92 Å². The molecule has 0 heterocycles. The number of anilines is 1. The lowest BCUT2D eigenvalue weighted by Crippen LogP contribution is -2.20. The van der Waals surface area contributed by atoms with E-state index in [0.717, 1.165) is 11.1 Å². The molecular formula is C18H16FNO3. The quantitative estimate of drug-likeness (QED) is 0.680. The fourth-order valence-electron chi connectivity index (χ4n) is 1.87. The van der Waals surface area contributed by atoms with Crippen LogP contribution < -0.4 is 5.32 Å². The molecular weight excluding hydrogens is 297 g/mol. The predicted octanol–water partition coefficient (Wildman–Crippen LogP) is 3.33. The summed E-state index contributed by atoms with van der Waals surface area (Å²) in [5, 5.41) is 2.33. The molecule has 0 saturated carbocycles. The molecule has 0 aliphatic rings. The Balaban J connectivity index is 1.83. The van der Waals surface area contributed by atoms with Gasteiger partial charge >= 0.3 is 5.97 Å². The van der Waals surface area contributed by atoms with Crippen LogP contribution in [0.3, 0.4) is 0 Å². The zero-order chi connectivity index (χ0) is 16.7. The van der Waals surface area contributed by atoms with Gasteiger partial charge in [-0.25, -0.2) is 9.18 Å². The first-order valence-corrected chi connectivity index (χ1v) is 7.01. The summed E-state index contributed by atoms with van der Waals surface area (Å²) in [7, 11) is 0. The van der Waals surface area contributed by atoms with Gasteiger partial charge < -0.3 is 10.1 Å². The molecule has 1 amide bonds. The summed E-state index contributed by atoms with van der Waals surface area (Å²) in [4.78, 5) is 23.2. The van der Waals surface area contributed by atoms with Crippen LogP contribution in [-0.2, 0) is 14.3 Å². The highest BCUT2D eigenvalue weighted by atomic mass is 19.1. The van der Waals surface area contributed by atoms with Gasteiger partial charge in [-0.3, -0.25) is 4.79 Å². The Bertz CT molecular complexity index is 741. The van der Waals surface area contributed by atoms with Crippen LogP contribution in [0.15, 0.2) is 54.6 Å². The molecule has 23 heavy (non-hydrogen) atoms. The average molecular weight is 313 g/mol. The summed E-state index contributed by atoms with van der Waals surface area (Å²) in [6.07, 6.45) is 2.87. The number of carbonyl (C=O) groups is 2. The van der Waals surface area contributed by atoms with Gasteiger partial charge in [-0.15, -0.1) is 0 Å². The van der Waals surface area contributed by atoms with Crippen molar-refractivity contribution in [1.29, 1.82) is 0 Å². The lowest BCUT2D eigenvalue weighted by molar-refractivity contribution is -0.142. The monoisotopic (exact) mass is 313 g/mol. The first-order valence-electron chi connectivity index (χ1n) is 7.01. The average Bonchev–Trinajstić information content (AvgIpc) is 2.54. The third-order valence-corrected chi connectivity index (χ3v) is 3.08. The number of esters is 1.